The van der Waals surface area contributed by atoms with Crippen LogP contribution in [0.1, 0.15) is 23.2 Å². The van der Waals surface area contributed by atoms with Crippen LogP contribution in [0, 0.1) is 5.92 Å². The summed E-state index contributed by atoms with van der Waals surface area (Å²) in [6.45, 7) is 3.55. The average molecular weight is 276 g/mol. The molecule has 0 heterocycles. The van der Waals surface area contributed by atoms with Gasteiger partial charge in [0.1, 0.15) is 5.92 Å². The van der Waals surface area contributed by atoms with Gasteiger partial charge >= 0.3 is 12.1 Å². The van der Waals surface area contributed by atoms with Crippen molar-refractivity contribution >= 4 is 17.9 Å². The molecule has 0 aromatic heterocycles. The fourth-order valence-electron chi connectivity index (χ4n) is 1.64. The van der Waals surface area contributed by atoms with E-state index in [0.717, 1.165) is 7.11 Å². The van der Waals surface area contributed by atoms with Crippen molar-refractivity contribution in [1.82, 2.24) is 0 Å². The first-order valence-electron chi connectivity index (χ1n) is 6.10. The number of allylic oxidation sites excluding steroid dienone is 1. The van der Waals surface area contributed by atoms with Gasteiger partial charge in [-0.15, -0.1) is 6.58 Å². The lowest BCUT2D eigenvalue weighted by atomic mass is 9.93. The molecule has 5 nitrogen and oxygen atoms in total. The van der Waals surface area contributed by atoms with Gasteiger partial charge in [-0.1, -0.05) is 36.4 Å². The molecule has 106 valence electrons. The summed E-state index contributed by atoms with van der Waals surface area (Å²) in [5, 5.41) is 0. The Bertz CT molecular complexity index is 492. The average Bonchev–Trinajstić information content (AvgIpc) is 2.48. The number of carbonyl (C=O) groups is 3. The Hall–Kier alpha value is -2.43. The van der Waals surface area contributed by atoms with Crippen LogP contribution in [0.25, 0.3) is 0 Å². The summed E-state index contributed by atoms with van der Waals surface area (Å²) in [7, 11) is 1.09. The number of esters is 1. The molecule has 1 aromatic rings. The molecule has 1 rings (SSSR count). The molecule has 0 aliphatic rings. The zero-order valence-corrected chi connectivity index (χ0v) is 11.2. The minimum Gasteiger partial charge on any atom is -0.437 e. The summed E-state index contributed by atoms with van der Waals surface area (Å²) >= 11 is 0. The van der Waals surface area contributed by atoms with Gasteiger partial charge in [-0.2, -0.15) is 0 Å². The van der Waals surface area contributed by atoms with E-state index in [1.54, 1.807) is 36.4 Å². The Balaban J connectivity index is 2.88. The molecule has 0 fully saturated rings. The lowest BCUT2D eigenvalue weighted by Gasteiger charge is -2.13. The number of hydrogen-bond donors (Lipinski definition) is 0. The van der Waals surface area contributed by atoms with Crippen LogP contribution in [0.5, 0.6) is 0 Å². The normalized spacial score (nSPS) is 11.2. The standard InChI is InChI=1S/C15H16O5/c1-3-4-10-12(14(17)20-15(18)19-2)13(16)11-8-6-5-7-9-11/h3,5-9,12H,1,4,10H2,2H3. The van der Waals surface area contributed by atoms with Crippen molar-refractivity contribution in [3.05, 3.63) is 48.6 Å². The highest BCUT2D eigenvalue weighted by Gasteiger charge is 2.30. The molecule has 0 spiro atoms. The van der Waals surface area contributed by atoms with Crippen molar-refractivity contribution in [2.24, 2.45) is 5.92 Å². The molecule has 1 aromatic carbocycles. The maximum absolute atomic E-state index is 12.3. The molecule has 0 aliphatic carbocycles. The van der Waals surface area contributed by atoms with Crippen molar-refractivity contribution in [3.63, 3.8) is 0 Å². The smallest absolute Gasteiger partial charge is 0.437 e. The molecule has 0 saturated carbocycles. The van der Waals surface area contributed by atoms with Crippen molar-refractivity contribution in [2.45, 2.75) is 12.8 Å². The molecule has 20 heavy (non-hydrogen) atoms. The van der Waals surface area contributed by atoms with E-state index in [1.807, 2.05) is 0 Å². The first-order chi connectivity index (χ1) is 9.60. The summed E-state index contributed by atoms with van der Waals surface area (Å²) in [5.74, 6) is -2.34. The van der Waals surface area contributed by atoms with E-state index < -0.39 is 18.0 Å². The molecular weight excluding hydrogens is 260 g/mol. The monoisotopic (exact) mass is 276 g/mol. The highest BCUT2D eigenvalue weighted by molar-refractivity contribution is 6.09. The van der Waals surface area contributed by atoms with Crippen molar-refractivity contribution < 1.29 is 23.9 Å². The van der Waals surface area contributed by atoms with Crippen molar-refractivity contribution in [1.29, 1.82) is 0 Å². The second kappa shape index (κ2) is 7.89. The van der Waals surface area contributed by atoms with Gasteiger partial charge in [0.05, 0.1) is 7.11 Å². The van der Waals surface area contributed by atoms with Gasteiger partial charge in [0.25, 0.3) is 0 Å². The van der Waals surface area contributed by atoms with Gasteiger partial charge in [-0.25, -0.2) is 4.79 Å². The molecule has 0 N–H and O–H groups in total. The molecule has 1 atom stereocenters. The van der Waals surface area contributed by atoms with Crippen LogP contribution in [0.2, 0.25) is 0 Å². The number of ketones is 1. The van der Waals surface area contributed by atoms with Gasteiger partial charge in [0.2, 0.25) is 0 Å². The lowest BCUT2D eigenvalue weighted by molar-refractivity contribution is -0.142. The Morgan fingerprint density at radius 2 is 1.90 bits per heavy atom. The number of benzene rings is 1. The highest BCUT2D eigenvalue weighted by atomic mass is 16.7. The predicted octanol–water partition coefficient (Wildman–Crippen LogP) is 2.76. The van der Waals surface area contributed by atoms with Crippen LogP contribution in [0.4, 0.5) is 4.79 Å². The summed E-state index contributed by atoms with van der Waals surface area (Å²) in [5.41, 5.74) is 0.392. The zero-order valence-electron chi connectivity index (χ0n) is 11.2. The Morgan fingerprint density at radius 3 is 2.45 bits per heavy atom. The summed E-state index contributed by atoms with van der Waals surface area (Å²) in [6, 6.07) is 8.37. The van der Waals surface area contributed by atoms with Crippen LogP contribution >= 0.6 is 0 Å². The first-order valence-corrected chi connectivity index (χ1v) is 6.10. The molecular formula is C15H16O5. The van der Waals surface area contributed by atoms with Crippen LogP contribution in [0.15, 0.2) is 43.0 Å². The Morgan fingerprint density at radius 1 is 1.25 bits per heavy atom. The predicted molar refractivity (Wildman–Crippen MR) is 72.2 cm³/mol. The fraction of sp³-hybridized carbons (Fsp3) is 0.267. The van der Waals surface area contributed by atoms with Gasteiger partial charge in [0, 0.05) is 5.56 Å². The van der Waals surface area contributed by atoms with Crippen LogP contribution in [-0.4, -0.2) is 25.0 Å². The van der Waals surface area contributed by atoms with Gasteiger partial charge in [0.15, 0.2) is 5.78 Å². The number of methoxy groups -OCH3 is 1. The zero-order chi connectivity index (χ0) is 15.0. The Labute approximate surface area is 117 Å². The van der Waals surface area contributed by atoms with E-state index in [0.29, 0.717) is 12.0 Å². The van der Waals surface area contributed by atoms with E-state index in [4.69, 9.17) is 0 Å². The van der Waals surface area contributed by atoms with Crippen molar-refractivity contribution in [2.75, 3.05) is 7.11 Å². The van der Waals surface area contributed by atoms with Crippen molar-refractivity contribution in [3.8, 4) is 0 Å². The second-order valence-corrected chi connectivity index (χ2v) is 4.02. The van der Waals surface area contributed by atoms with E-state index in [2.05, 4.69) is 16.1 Å². The summed E-state index contributed by atoms with van der Waals surface area (Å²) < 4.78 is 8.69. The van der Waals surface area contributed by atoms with E-state index in [-0.39, 0.29) is 12.2 Å². The molecule has 0 saturated heterocycles. The molecule has 0 aliphatic heterocycles. The highest BCUT2D eigenvalue weighted by Crippen LogP contribution is 2.17. The van der Waals surface area contributed by atoms with Crippen LogP contribution in [-0.2, 0) is 14.3 Å². The first kappa shape index (κ1) is 15.6. The van der Waals surface area contributed by atoms with E-state index in [9.17, 15) is 14.4 Å². The molecule has 0 bridgehead atoms. The largest absolute Gasteiger partial charge is 0.515 e. The molecule has 0 radical (unpaired) electrons. The van der Waals surface area contributed by atoms with Crippen LogP contribution in [0.3, 0.4) is 0 Å². The minimum atomic E-state index is -1.13. The van der Waals surface area contributed by atoms with Crippen LogP contribution < -0.4 is 0 Å². The number of Topliss-reactive ketones (excluding diaryl/α,β-unsaturated/α-hetero) is 1. The maximum atomic E-state index is 12.3. The topological polar surface area (TPSA) is 69.7 Å². The number of rotatable bonds is 6. The molecule has 5 heteroatoms. The SMILES string of the molecule is C=CCCC(C(=O)OC(=O)OC)C(=O)c1ccccc1. The van der Waals surface area contributed by atoms with Gasteiger partial charge < -0.3 is 9.47 Å². The van der Waals surface area contributed by atoms with E-state index >= 15 is 0 Å². The second-order valence-electron chi connectivity index (χ2n) is 4.02. The summed E-state index contributed by atoms with van der Waals surface area (Å²) in [6.07, 6.45) is 1.16. The summed E-state index contributed by atoms with van der Waals surface area (Å²) in [4.78, 5) is 35.1. The lowest BCUT2D eigenvalue weighted by Crippen LogP contribution is -2.28. The fourth-order valence-corrected chi connectivity index (χ4v) is 1.64. The molecule has 0 amide bonds. The van der Waals surface area contributed by atoms with Gasteiger partial charge in [-0.05, 0) is 12.8 Å². The molecule has 1 unspecified atom stereocenters. The third kappa shape index (κ3) is 4.35. The maximum Gasteiger partial charge on any atom is 0.515 e. The minimum absolute atomic E-state index is 0.229. The third-order valence-corrected chi connectivity index (χ3v) is 2.67. The Kier molecular flexibility index (Phi) is 6.16. The number of carbonyl (C=O) groups excluding carboxylic acids is 3. The van der Waals surface area contributed by atoms with E-state index in [1.165, 1.54) is 0 Å². The third-order valence-electron chi connectivity index (χ3n) is 2.67. The van der Waals surface area contributed by atoms with Gasteiger partial charge in [-0.3, -0.25) is 9.59 Å². The quantitative estimate of drug-likeness (QED) is 0.346. The number of hydrogen-bond acceptors (Lipinski definition) is 5. The number of ether oxygens (including phenoxy) is 2.